The molecule has 0 aliphatic carbocycles. The van der Waals surface area contributed by atoms with Crippen LogP contribution >= 0.6 is 11.3 Å². The summed E-state index contributed by atoms with van der Waals surface area (Å²) in [5, 5.41) is 0.281. The summed E-state index contributed by atoms with van der Waals surface area (Å²) in [7, 11) is 1.20. The van der Waals surface area contributed by atoms with Crippen molar-refractivity contribution in [2.75, 3.05) is 7.11 Å². The lowest BCUT2D eigenvalue weighted by Gasteiger charge is -1.97. The predicted octanol–water partition coefficient (Wildman–Crippen LogP) is 2.94. The van der Waals surface area contributed by atoms with Crippen molar-refractivity contribution < 1.29 is 18.7 Å². The van der Waals surface area contributed by atoms with E-state index in [-0.39, 0.29) is 26.9 Å². The van der Waals surface area contributed by atoms with Gasteiger partial charge in [0.25, 0.3) is 0 Å². The van der Waals surface area contributed by atoms with Crippen LogP contribution in [0, 0.1) is 5.82 Å². The number of hydrogen-bond donors (Lipinski definition) is 0. The zero-order valence-corrected chi connectivity index (χ0v) is 11.1. The normalized spacial score (nSPS) is 10.3. The number of Topliss-reactive ketones (excluding diaryl/α,β-unsaturated/α-hetero) is 1. The molecule has 0 amide bonds. The highest BCUT2D eigenvalue weighted by Gasteiger charge is 2.23. The smallest absolute Gasteiger partial charge is 0.358 e. The highest BCUT2D eigenvalue weighted by Crippen LogP contribution is 2.30. The van der Waals surface area contributed by atoms with Crippen LogP contribution in [-0.4, -0.2) is 23.8 Å². The number of halogens is 1. The van der Waals surface area contributed by atoms with Crippen LogP contribution in [0.1, 0.15) is 27.1 Å². The van der Waals surface area contributed by atoms with Gasteiger partial charge in [0, 0.05) is 12.5 Å². The maximum atomic E-state index is 13.7. The monoisotopic (exact) mass is 279 g/mol. The Hall–Kier alpha value is -2.08. The highest BCUT2D eigenvalue weighted by atomic mass is 32.1. The van der Waals surface area contributed by atoms with Gasteiger partial charge >= 0.3 is 5.97 Å². The number of ketones is 1. The first kappa shape index (κ1) is 13.4. The van der Waals surface area contributed by atoms with Gasteiger partial charge in [-0.25, -0.2) is 14.2 Å². The summed E-state index contributed by atoms with van der Waals surface area (Å²) in [5.41, 5.74) is 0.184. The molecule has 6 heteroatoms. The van der Waals surface area contributed by atoms with Gasteiger partial charge in [-0.15, -0.1) is 11.3 Å². The third-order valence-electron chi connectivity index (χ3n) is 2.43. The van der Waals surface area contributed by atoms with Crippen LogP contribution in [0.4, 0.5) is 4.39 Å². The molecule has 98 valence electrons. The van der Waals surface area contributed by atoms with Crippen molar-refractivity contribution in [1.29, 1.82) is 0 Å². The van der Waals surface area contributed by atoms with Crippen molar-refractivity contribution in [2.24, 2.45) is 0 Å². The molecule has 0 bridgehead atoms. The molecule has 0 saturated carbocycles. The van der Waals surface area contributed by atoms with E-state index in [2.05, 4.69) is 9.72 Å². The van der Waals surface area contributed by atoms with E-state index >= 15 is 0 Å². The first-order valence-corrected chi connectivity index (χ1v) is 6.21. The third-order valence-corrected chi connectivity index (χ3v) is 3.62. The highest BCUT2D eigenvalue weighted by molar-refractivity contribution is 7.17. The predicted molar refractivity (Wildman–Crippen MR) is 68.9 cm³/mol. The SMILES string of the molecule is COC(=O)c1nc(-c2ccccc2F)sc1C(C)=O. The minimum atomic E-state index is -0.705. The van der Waals surface area contributed by atoms with Crippen LogP contribution < -0.4 is 0 Å². The molecule has 0 aliphatic rings. The zero-order valence-electron chi connectivity index (χ0n) is 10.3. The van der Waals surface area contributed by atoms with Crippen molar-refractivity contribution in [3.05, 3.63) is 40.7 Å². The number of hydrogen-bond acceptors (Lipinski definition) is 5. The second-order valence-electron chi connectivity index (χ2n) is 3.72. The molecular formula is C13H10FNO3S. The lowest BCUT2D eigenvalue weighted by molar-refractivity contribution is 0.0591. The van der Waals surface area contributed by atoms with E-state index in [1.807, 2.05) is 0 Å². The quantitative estimate of drug-likeness (QED) is 0.640. The first-order chi connectivity index (χ1) is 9.04. The second-order valence-corrected chi connectivity index (χ2v) is 4.72. The van der Waals surface area contributed by atoms with Gasteiger partial charge in [-0.2, -0.15) is 0 Å². The Labute approximate surface area is 112 Å². The van der Waals surface area contributed by atoms with Crippen molar-refractivity contribution in [3.8, 4) is 10.6 Å². The van der Waals surface area contributed by atoms with E-state index < -0.39 is 11.8 Å². The number of benzene rings is 1. The van der Waals surface area contributed by atoms with Gasteiger partial charge in [0.1, 0.15) is 15.7 Å². The van der Waals surface area contributed by atoms with Crippen molar-refractivity contribution in [3.63, 3.8) is 0 Å². The van der Waals surface area contributed by atoms with Gasteiger partial charge in [-0.05, 0) is 12.1 Å². The molecule has 2 rings (SSSR count). The van der Waals surface area contributed by atoms with Gasteiger partial charge in [0.05, 0.1) is 7.11 Å². The number of nitrogens with zero attached hydrogens (tertiary/aromatic N) is 1. The number of ether oxygens (including phenoxy) is 1. The average molecular weight is 279 g/mol. The topological polar surface area (TPSA) is 56.3 Å². The van der Waals surface area contributed by atoms with E-state index in [9.17, 15) is 14.0 Å². The molecule has 0 atom stereocenters. The number of rotatable bonds is 3. The summed E-state index contributed by atoms with van der Waals surface area (Å²) in [6, 6.07) is 6.05. The minimum Gasteiger partial charge on any atom is -0.464 e. The summed E-state index contributed by atoms with van der Waals surface area (Å²) >= 11 is 0.977. The van der Waals surface area contributed by atoms with Gasteiger partial charge < -0.3 is 4.74 Å². The Balaban J connectivity index is 2.58. The summed E-state index contributed by atoms with van der Waals surface area (Å²) in [4.78, 5) is 27.2. The summed E-state index contributed by atoms with van der Waals surface area (Å²) < 4.78 is 18.2. The molecule has 2 aromatic rings. The third kappa shape index (κ3) is 2.53. The number of carbonyl (C=O) groups is 2. The number of esters is 1. The molecule has 0 saturated heterocycles. The number of thiazole rings is 1. The Morgan fingerprint density at radius 2 is 2.00 bits per heavy atom. The van der Waals surface area contributed by atoms with Crippen LogP contribution in [0.25, 0.3) is 10.6 Å². The number of methoxy groups -OCH3 is 1. The molecule has 1 heterocycles. The van der Waals surface area contributed by atoms with E-state index in [1.54, 1.807) is 18.2 Å². The molecule has 0 aliphatic heterocycles. The second kappa shape index (κ2) is 5.27. The largest absolute Gasteiger partial charge is 0.464 e. The number of aromatic nitrogens is 1. The Morgan fingerprint density at radius 3 is 2.58 bits per heavy atom. The molecule has 0 unspecified atom stereocenters. The van der Waals surface area contributed by atoms with Gasteiger partial charge in [-0.3, -0.25) is 4.79 Å². The maximum absolute atomic E-state index is 13.7. The Morgan fingerprint density at radius 1 is 1.32 bits per heavy atom. The standard InChI is InChI=1S/C13H10FNO3S/c1-7(16)11-10(13(17)18-2)15-12(19-11)8-5-3-4-6-9(8)14/h3-6H,1-2H3. The zero-order chi connectivity index (χ0) is 14.0. The Kier molecular flexibility index (Phi) is 3.71. The van der Waals surface area contributed by atoms with Crippen LogP contribution in [-0.2, 0) is 4.74 Å². The van der Waals surface area contributed by atoms with E-state index in [1.165, 1.54) is 20.1 Å². The summed E-state index contributed by atoms with van der Waals surface area (Å²) in [6.07, 6.45) is 0. The average Bonchev–Trinajstić information content (AvgIpc) is 2.83. The van der Waals surface area contributed by atoms with E-state index in [4.69, 9.17) is 0 Å². The number of carbonyl (C=O) groups excluding carboxylic acids is 2. The van der Waals surface area contributed by atoms with E-state index in [0.717, 1.165) is 11.3 Å². The van der Waals surface area contributed by atoms with Gasteiger partial charge in [0.2, 0.25) is 0 Å². The van der Waals surface area contributed by atoms with Crippen LogP contribution in [0.15, 0.2) is 24.3 Å². The van der Waals surface area contributed by atoms with Crippen LogP contribution in [0.2, 0.25) is 0 Å². The van der Waals surface area contributed by atoms with Crippen molar-refractivity contribution in [2.45, 2.75) is 6.92 Å². The fraction of sp³-hybridized carbons (Fsp3) is 0.154. The van der Waals surface area contributed by atoms with Crippen LogP contribution in [0.5, 0.6) is 0 Å². The minimum absolute atomic E-state index is 0.0711. The maximum Gasteiger partial charge on any atom is 0.358 e. The lowest BCUT2D eigenvalue weighted by Crippen LogP contribution is -2.06. The molecule has 0 spiro atoms. The summed E-state index contributed by atoms with van der Waals surface area (Å²) in [6.45, 7) is 1.32. The molecule has 1 aromatic carbocycles. The molecule has 1 aromatic heterocycles. The van der Waals surface area contributed by atoms with Crippen molar-refractivity contribution >= 4 is 23.1 Å². The molecular weight excluding hydrogens is 269 g/mol. The van der Waals surface area contributed by atoms with Crippen molar-refractivity contribution in [1.82, 2.24) is 4.98 Å². The molecule has 0 radical (unpaired) electrons. The molecule has 0 N–H and O–H groups in total. The van der Waals surface area contributed by atoms with Gasteiger partial charge in [0.15, 0.2) is 11.5 Å². The van der Waals surface area contributed by atoms with Gasteiger partial charge in [-0.1, -0.05) is 12.1 Å². The molecule has 4 nitrogen and oxygen atoms in total. The summed E-state index contributed by atoms with van der Waals surface area (Å²) in [5.74, 6) is -1.47. The molecule has 0 fully saturated rings. The first-order valence-electron chi connectivity index (χ1n) is 5.39. The fourth-order valence-corrected chi connectivity index (χ4v) is 2.52. The Bertz CT molecular complexity index is 651. The molecule has 19 heavy (non-hydrogen) atoms. The van der Waals surface area contributed by atoms with Crippen LogP contribution in [0.3, 0.4) is 0 Å². The fourth-order valence-electron chi connectivity index (χ4n) is 1.54. The van der Waals surface area contributed by atoms with E-state index in [0.29, 0.717) is 0 Å². The lowest BCUT2D eigenvalue weighted by atomic mass is 10.2.